The number of rotatable bonds is 3. The van der Waals surface area contributed by atoms with Gasteiger partial charge in [-0.3, -0.25) is 4.79 Å². The third-order valence-electron chi connectivity index (χ3n) is 4.46. The molecule has 0 spiro atoms. The number of carbonyl (C=O) groups excluding carboxylic acids is 2. The number of carbonyl (C=O) groups is 2. The topological polar surface area (TPSA) is 78.4 Å². The maximum absolute atomic E-state index is 13.8. The minimum atomic E-state index is -5.34. The number of urea groups is 1. The molecule has 1 heterocycles. The van der Waals surface area contributed by atoms with E-state index in [0.29, 0.717) is 0 Å². The number of halogens is 5. The minimum Gasteiger partial charge on any atom is -0.363 e. The van der Waals surface area contributed by atoms with E-state index in [4.69, 9.17) is 23.2 Å². The first-order valence-electron chi connectivity index (χ1n) is 7.96. The van der Waals surface area contributed by atoms with Gasteiger partial charge in [0.15, 0.2) is 5.78 Å². The quantitative estimate of drug-likeness (QED) is 0.638. The van der Waals surface area contributed by atoms with Crippen LogP contribution in [0.25, 0.3) is 0 Å². The zero-order chi connectivity index (χ0) is 20.7. The molecule has 2 aromatic carbocycles. The van der Waals surface area contributed by atoms with Crippen molar-refractivity contribution in [2.75, 3.05) is 0 Å². The number of hydrogen-bond donors (Lipinski definition) is 3. The Hall–Kier alpha value is -2.29. The maximum Gasteiger partial charge on any atom is 0.437 e. The molecule has 0 radical (unpaired) electrons. The molecule has 1 fully saturated rings. The summed E-state index contributed by atoms with van der Waals surface area (Å²) < 4.78 is 41.3. The van der Waals surface area contributed by atoms with Crippen molar-refractivity contribution in [1.82, 2.24) is 10.6 Å². The van der Waals surface area contributed by atoms with Crippen LogP contribution in [0.5, 0.6) is 0 Å². The van der Waals surface area contributed by atoms with Crippen molar-refractivity contribution in [3.63, 3.8) is 0 Å². The second-order valence-corrected chi connectivity index (χ2v) is 7.05. The molecule has 3 rings (SSSR count). The van der Waals surface area contributed by atoms with Crippen LogP contribution < -0.4 is 10.6 Å². The highest BCUT2D eigenvalue weighted by Gasteiger charge is 2.66. The molecule has 0 unspecified atom stereocenters. The summed E-state index contributed by atoms with van der Waals surface area (Å²) in [5, 5.41) is 14.5. The van der Waals surface area contributed by atoms with Gasteiger partial charge in [0.05, 0.1) is 6.04 Å². The molecule has 0 bridgehead atoms. The van der Waals surface area contributed by atoms with Gasteiger partial charge < -0.3 is 15.7 Å². The lowest BCUT2D eigenvalue weighted by molar-refractivity contribution is -0.287. The molecule has 0 aromatic heterocycles. The first-order chi connectivity index (χ1) is 13.0. The molecule has 3 atom stereocenters. The third-order valence-corrected chi connectivity index (χ3v) is 5.05. The van der Waals surface area contributed by atoms with Gasteiger partial charge in [-0.25, -0.2) is 4.79 Å². The monoisotopic (exact) mass is 432 g/mol. The molecular weight excluding hydrogens is 420 g/mol. The van der Waals surface area contributed by atoms with Gasteiger partial charge in [-0.2, -0.15) is 13.2 Å². The number of amides is 2. The summed E-state index contributed by atoms with van der Waals surface area (Å²) in [5.41, 5.74) is -3.86. The Morgan fingerprint density at radius 3 is 2.25 bits per heavy atom. The molecule has 3 N–H and O–H groups in total. The molecule has 0 aliphatic carbocycles. The largest absolute Gasteiger partial charge is 0.437 e. The summed E-state index contributed by atoms with van der Waals surface area (Å²) in [6.45, 7) is 0. The molecule has 2 aromatic rings. The van der Waals surface area contributed by atoms with Crippen LogP contribution in [0.2, 0.25) is 10.0 Å². The lowest BCUT2D eigenvalue weighted by Crippen LogP contribution is -2.72. The summed E-state index contributed by atoms with van der Waals surface area (Å²) in [4.78, 5) is 25.0. The Labute approximate surface area is 167 Å². The van der Waals surface area contributed by atoms with E-state index in [9.17, 15) is 27.9 Å². The molecule has 2 amide bonds. The van der Waals surface area contributed by atoms with E-state index in [2.05, 4.69) is 5.32 Å². The molecular formula is C18H13Cl2F3N2O3. The highest BCUT2D eigenvalue weighted by atomic mass is 35.5. The number of benzene rings is 2. The molecule has 148 valence electrons. The minimum absolute atomic E-state index is 0.0353. The van der Waals surface area contributed by atoms with Gasteiger partial charge in [0.25, 0.3) is 0 Å². The average Bonchev–Trinajstić information content (AvgIpc) is 2.60. The van der Waals surface area contributed by atoms with Crippen molar-refractivity contribution in [2.24, 2.45) is 5.92 Å². The molecule has 10 heteroatoms. The van der Waals surface area contributed by atoms with Crippen LogP contribution in [0.4, 0.5) is 18.0 Å². The Kier molecular flexibility index (Phi) is 5.31. The van der Waals surface area contributed by atoms with Crippen molar-refractivity contribution in [1.29, 1.82) is 0 Å². The number of alkyl halides is 3. The second-order valence-electron chi connectivity index (χ2n) is 6.21. The second kappa shape index (κ2) is 7.27. The van der Waals surface area contributed by atoms with Crippen LogP contribution in [-0.2, 0) is 0 Å². The van der Waals surface area contributed by atoms with Crippen LogP contribution in [0, 0.1) is 5.92 Å². The Morgan fingerprint density at radius 1 is 1.07 bits per heavy atom. The van der Waals surface area contributed by atoms with Crippen LogP contribution in [0.3, 0.4) is 0 Å². The first kappa shape index (κ1) is 20.4. The molecule has 1 aliphatic rings. The van der Waals surface area contributed by atoms with Gasteiger partial charge in [-0.05, 0) is 35.9 Å². The first-order valence-corrected chi connectivity index (χ1v) is 8.72. The van der Waals surface area contributed by atoms with Gasteiger partial charge in [0.1, 0.15) is 5.92 Å². The van der Waals surface area contributed by atoms with E-state index < -0.39 is 35.7 Å². The Balaban J connectivity index is 2.18. The highest BCUT2D eigenvalue weighted by molar-refractivity contribution is 6.31. The summed E-state index contributed by atoms with van der Waals surface area (Å²) in [6.07, 6.45) is -5.34. The fraction of sp³-hybridized carbons (Fsp3) is 0.222. The van der Waals surface area contributed by atoms with Gasteiger partial charge in [-0.1, -0.05) is 41.4 Å². The number of Topliss-reactive ketones (excluding diaryl/α,β-unsaturated/α-hetero) is 1. The fourth-order valence-electron chi connectivity index (χ4n) is 3.12. The smallest absolute Gasteiger partial charge is 0.363 e. The van der Waals surface area contributed by atoms with E-state index in [0.717, 1.165) is 0 Å². The summed E-state index contributed by atoms with van der Waals surface area (Å²) >= 11 is 11.9. The zero-order valence-corrected chi connectivity index (χ0v) is 15.4. The third kappa shape index (κ3) is 3.55. The molecule has 5 nitrogen and oxygen atoms in total. The number of nitrogens with one attached hydrogen (secondary N) is 2. The predicted molar refractivity (Wildman–Crippen MR) is 96.1 cm³/mol. The van der Waals surface area contributed by atoms with Gasteiger partial charge in [0.2, 0.25) is 5.72 Å². The lowest BCUT2D eigenvalue weighted by atomic mass is 9.77. The van der Waals surface area contributed by atoms with E-state index >= 15 is 0 Å². The van der Waals surface area contributed by atoms with Crippen molar-refractivity contribution >= 4 is 35.0 Å². The zero-order valence-electron chi connectivity index (χ0n) is 13.9. The Bertz CT molecular complexity index is 921. The van der Waals surface area contributed by atoms with Crippen molar-refractivity contribution < 1.29 is 27.9 Å². The normalized spacial score (nSPS) is 25.0. The highest BCUT2D eigenvalue weighted by Crippen LogP contribution is 2.45. The van der Waals surface area contributed by atoms with Gasteiger partial charge in [-0.15, -0.1) is 0 Å². The van der Waals surface area contributed by atoms with Gasteiger partial charge in [0, 0.05) is 15.6 Å². The van der Waals surface area contributed by atoms with Crippen LogP contribution in [0.1, 0.15) is 22.0 Å². The number of hydrogen-bond acceptors (Lipinski definition) is 3. The number of aliphatic hydroxyl groups is 1. The maximum atomic E-state index is 13.8. The van der Waals surface area contributed by atoms with E-state index in [-0.39, 0.29) is 21.2 Å². The van der Waals surface area contributed by atoms with Crippen molar-refractivity contribution in [2.45, 2.75) is 17.9 Å². The van der Waals surface area contributed by atoms with Crippen molar-refractivity contribution in [3.8, 4) is 0 Å². The summed E-state index contributed by atoms with van der Waals surface area (Å²) in [6, 6.07) is 8.14. The standard InChI is InChI=1S/C18H13Cl2F3N2O3/c19-10-7-5-9(6-8-10)15(26)13-14(11-3-1-2-4-12(11)20)24-16(27)25-17(13,28)18(21,22)23/h1-8,13-14,28H,(H2,24,25,27)/t13-,14+,17+/m1/s1. The summed E-state index contributed by atoms with van der Waals surface area (Å²) in [7, 11) is 0. The molecule has 1 saturated heterocycles. The SMILES string of the molecule is O=C1N[C@@H](c2ccccc2Cl)[C@H](C(=O)c2ccc(Cl)cc2)[C@](O)(C(F)(F)F)N1. The molecule has 28 heavy (non-hydrogen) atoms. The molecule has 0 saturated carbocycles. The van der Waals surface area contributed by atoms with Crippen molar-refractivity contribution in [3.05, 3.63) is 69.7 Å². The van der Waals surface area contributed by atoms with Crippen LogP contribution in [0.15, 0.2) is 48.5 Å². The predicted octanol–water partition coefficient (Wildman–Crippen LogP) is 4.10. The number of ketones is 1. The van der Waals surface area contributed by atoms with E-state index in [1.54, 1.807) is 6.07 Å². The van der Waals surface area contributed by atoms with Crippen LogP contribution in [-0.4, -0.2) is 28.8 Å². The van der Waals surface area contributed by atoms with E-state index in [1.807, 2.05) is 0 Å². The molecule has 1 aliphatic heterocycles. The van der Waals surface area contributed by atoms with Crippen LogP contribution >= 0.6 is 23.2 Å². The fourth-order valence-corrected chi connectivity index (χ4v) is 3.50. The van der Waals surface area contributed by atoms with E-state index in [1.165, 1.54) is 47.8 Å². The van der Waals surface area contributed by atoms with Gasteiger partial charge >= 0.3 is 12.2 Å². The Morgan fingerprint density at radius 2 is 1.68 bits per heavy atom. The summed E-state index contributed by atoms with van der Waals surface area (Å²) in [5.74, 6) is -3.19. The average molecular weight is 433 g/mol. The lowest BCUT2D eigenvalue weighted by Gasteiger charge is -2.45.